The fourth-order valence-electron chi connectivity index (χ4n) is 5.17. The largest absolute Gasteiger partial charge is 0.486 e. The van der Waals surface area contributed by atoms with Crippen molar-refractivity contribution in [1.82, 2.24) is 9.88 Å². The number of nitrogens with zero attached hydrogens (tertiary/aromatic N) is 3. The van der Waals surface area contributed by atoms with Crippen LogP contribution in [0.3, 0.4) is 0 Å². The molecule has 4 heterocycles. The summed E-state index contributed by atoms with van der Waals surface area (Å²) in [6.45, 7) is 6.90. The average molecular weight is 522 g/mol. The summed E-state index contributed by atoms with van der Waals surface area (Å²) in [6.07, 6.45) is 2.36. The van der Waals surface area contributed by atoms with Crippen molar-refractivity contribution in [3.8, 4) is 11.5 Å². The fourth-order valence-corrected chi connectivity index (χ4v) is 6.04. The Morgan fingerprint density at radius 3 is 2.43 bits per heavy atom. The molecule has 2 fully saturated rings. The number of fused-ring (bicyclic) bond motifs is 1. The maximum atomic E-state index is 13.1. The molecule has 2 saturated heterocycles. The fraction of sp³-hybridized carbons (Fsp3) is 0.407. The van der Waals surface area contributed by atoms with Crippen LogP contribution in [0.5, 0.6) is 11.5 Å². The number of nitrogen functional groups attached to an aromatic ring is 1. The molecule has 9 nitrogen and oxygen atoms in total. The van der Waals surface area contributed by atoms with Crippen molar-refractivity contribution in [2.24, 2.45) is 0 Å². The number of carbonyl (C=O) groups is 1. The van der Waals surface area contributed by atoms with Crippen LogP contribution in [0.1, 0.15) is 28.1 Å². The zero-order chi connectivity index (χ0) is 25.2. The van der Waals surface area contributed by atoms with E-state index in [0.717, 1.165) is 45.1 Å². The lowest BCUT2D eigenvalue weighted by Crippen LogP contribution is -2.49. The number of ketones is 1. The molecule has 3 aromatic rings. The molecule has 0 atom stereocenters. The van der Waals surface area contributed by atoms with Gasteiger partial charge in [-0.25, -0.2) is 4.98 Å². The molecule has 3 aliphatic rings. The summed E-state index contributed by atoms with van der Waals surface area (Å²) >= 11 is 1.25. The van der Waals surface area contributed by atoms with Gasteiger partial charge in [-0.3, -0.25) is 9.69 Å². The Balaban J connectivity index is 1.08. The van der Waals surface area contributed by atoms with E-state index in [4.69, 9.17) is 19.9 Å². The summed E-state index contributed by atoms with van der Waals surface area (Å²) < 4.78 is 16.7. The molecule has 3 N–H and O–H groups in total. The van der Waals surface area contributed by atoms with Gasteiger partial charge in [0.25, 0.3) is 0 Å². The van der Waals surface area contributed by atoms with Crippen LogP contribution in [-0.4, -0.2) is 74.3 Å². The molecule has 1 aromatic heterocycles. The van der Waals surface area contributed by atoms with Crippen LogP contribution in [0.15, 0.2) is 42.5 Å². The molecule has 0 bridgehead atoms. The van der Waals surface area contributed by atoms with Gasteiger partial charge in [0.2, 0.25) is 5.78 Å². The second-order valence-corrected chi connectivity index (χ2v) is 10.5. The number of hydrogen-bond donors (Lipinski definition) is 2. The Bertz CT molecular complexity index is 1250. The zero-order valence-electron chi connectivity index (χ0n) is 20.7. The number of thiazole rings is 1. The average Bonchev–Trinajstić information content (AvgIpc) is 3.33. The van der Waals surface area contributed by atoms with Gasteiger partial charge in [-0.2, -0.15) is 0 Å². The summed E-state index contributed by atoms with van der Waals surface area (Å²) in [5.74, 6) is 1.25. The molecule has 0 aliphatic carbocycles. The van der Waals surface area contributed by atoms with Crippen LogP contribution in [0.2, 0.25) is 0 Å². The predicted octanol–water partition coefficient (Wildman–Crippen LogP) is 3.77. The van der Waals surface area contributed by atoms with E-state index in [2.05, 4.69) is 32.2 Å². The number of rotatable bonds is 6. The number of ether oxygens (including phenoxy) is 3. The minimum absolute atomic E-state index is 0.184. The number of piperidine rings is 1. The Hall–Kier alpha value is -3.34. The van der Waals surface area contributed by atoms with Crippen LogP contribution < -0.4 is 25.4 Å². The maximum absolute atomic E-state index is 13.1. The van der Waals surface area contributed by atoms with Crippen molar-refractivity contribution in [3.05, 3.63) is 52.9 Å². The zero-order valence-corrected chi connectivity index (χ0v) is 21.5. The van der Waals surface area contributed by atoms with E-state index in [1.807, 2.05) is 12.1 Å². The van der Waals surface area contributed by atoms with Crippen LogP contribution in [-0.2, 0) is 4.74 Å². The quantitative estimate of drug-likeness (QED) is 0.469. The number of nitrogens with one attached hydrogen (secondary N) is 1. The van der Waals surface area contributed by atoms with Crippen molar-refractivity contribution >= 4 is 39.4 Å². The smallest absolute Gasteiger partial charge is 0.206 e. The Morgan fingerprint density at radius 2 is 1.68 bits per heavy atom. The summed E-state index contributed by atoms with van der Waals surface area (Å²) in [5, 5.41) is 3.88. The second-order valence-electron chi connectivity index (χ2n) is 9.46. The minimum Gasteiger partial charge on any atom is -0.486 e. The van der Waals surface area contributed by atoms with Gasteiger partial charge in [-0.1, -0.05) is 11.3 Å². The highest BCUT2D eigenvalue weighted by atomic mass is 32.1. The van der Waals surface area contributed by atoms with E-state index in [1.54, 1.807) is 18.2 Å². The molecule has 37 heavy (non-hydrogen) atoms. The molecular formula is C27H31N5O4S. The lowest BCUT2D eigenvalue weighted by Gasteiger charge is -2.40. The number of hydrogen-bond acceptors (Lipinski definition) is 10. The minimum atomic E-state index is -0.184. The van der Waals surface area contributed by atoms with E-state index in [9.17, 15) is 4.79 Å². The summed E-state index contributed by atoms with van der Waals surface area (Å²) in [4.78, 5) is 22.9. The van der Waals surface area contributed by atoms with Crippen LogP contribution in [0.4, 0.5) is 22.3 Å². The van der Waals surface area contributed by atoms with Gasteiger partial charge in [0.05, 0.1) is 13.2 Å². The van der Waals surface area contributed by atoms with E-state index in [0.29, 0.717) is 46.3 Å². The standard InChI is InChI=1S/C27H31N5O4S/c28-26-25(24(33)18-1-6-22-23(17-18)36-16-15-35-22)37-27(30-26)29-19-2-4-20(5-3-19)31-9-7-21(8-10-31)32-11-13-34-14-12-32/h1-6,17,21H,7-16,28H2,(H,29,30). The van der Waals surface area contributed by atoms with Crippen molar-refractivity contribution in [3.63, 3.8) is 0 Å². The van der Waals surface area contributed by atoms with Crippen LogP contribution in [0, 0.1) is 0 Å². The van der Waals surface area contributed by atoms with Gasteiger partial charge in [-0.05, 0) is 55.3 Å². The Morgan fingerprint density at radius 1 is 0.946 bits per heavy atom. The highest BCUT2D eigenvalue weighted by molar-refractivity contribution is 7.18. The third-order valence-electron chi connectivity index (χ3n) is 7.17. The summed E-state index contributed by atoms with van der Waals surface area (Å²) in [5.41, 5.74) is 8.74. The first kappa shape index (κ1) is 24.0. The number of nitrogens with two attached hydrogens (primary N) is 1. The second kappa shape index (κ2) is 10.6. The summed E-state index contributed by atoms with van der Waals surface area (Å²) in [7, 11) is 0. The highest BCUT2D eigenvalue weighted by Gasteiger charge is 2.26. The first-order valence-electron chi connectivity index (χ1n) is 12.8. The third kappa shape index (κ3) is 5.22. The van der Waals surface area contributed by atoms with Crippen molar-refractivity contribution in [1.29, 1.82) is 0 Å². The lowest BCUT2D eigenvalue weighted by atomic mass is 10.0. The Labute approximate surface area is 220 Å². The van der Waals surface area contributed by atoms with Gasteiger partial charge in [0, 0.05) is 49.2 Å². The first-order valence-corrected chi connectivity index (χ1v) is 13.6. The van der Waals surface area contributed by atoms with Crippen LogP contribution >= 0.6 is 11.3 Å². The predicted molar refractivity (Wildman–Crippen MR) is 145 cm³/mol. The van der Waals surface area contributed by atoms with Gasteiger partial charge in [0.1, 0.15) is 23.9 Å². The van der Waals surface area contributed by atoms with Crippen molar-refractivity contribution < 1.29 is 19.0 Å². The molecular weight excluding hydrogens is 490 g/mol. The SMILES string of the molecule is Nc1nc(Nc2ccc(N3CCC(N4CCOCC4)CC3)cc2)sc1C(=O)c1ccc2c(c1)OCCO2. The number of carbonyl (C=O) groups excluding carboxylic acids is 1. The van der Waals surface area contributed by atoms with Crippen LogP contribution in [0.25, 0.3) is 0 Å². The van der Waals surface area contributed by atoms with Gasteiger partial charge < -0.3 is 30.2 Å². The Kier molecular flexibility index (Phi) is 6.86. The molecule has 6 rings (SSSR count). The van der Waals surface area contributed by atoms with E-state index < -0.39 is 0 Å². The molecule has 10 heteroatoms. The topological polar surface area (TPSA) is 102 Å². The lowest BCUT2D eigenvalue weighted by molar-refractivity contribution is 0.0115. The van der Waals surface area contributed by atoms with E-state index >= 15 is 0 Å². The number of anilines is 4. The molecule has 0 saturated carbocycles. The number of aromatic nitrogens is 1. The van der Waals surface area contributed by atoms with Gasteiger partial charge in [0.15, 0.2) is 16.6 Å². The number of benzene rings is 2. The van der Waals surface area contributed by atoms with Crippen molar-refractivity contribution in [2.75, 3.05) is 68.6 Å². The normalized spacial score (nSPS) is 18.5. The van der Waals surface area contributed by atoms with Gasteiger partial charge in [-0.15, -0.1) is 0 Å². The molecule has 3 aliphatic heterocycles. The van der Waals surface area contributed by atoms with E-state index in [-0.39, 0.29) is 11.6 Å². The molecule has 194 valence electrons. The molecule has 0 spiro atoms. The van der Waals surface area contributed by atoms with Crippen molar-refractivity contribution in [2.45, 2.75) is 18.9 Å². The first-order chi connectivity index (χ1) is 18.1. The maximum Gasteiger partial charge on any atom is 0.206 e. The third-order valence-corrected chi connectivity index (χ3v) is 8.16. The monoisotopic (exact) mass is 521 g/mol. The molecule has 0 radical (unpaired) electrons. The molecule has 0 unspecified atom stereocenters. The number of morpholine rings is 1. The van der Waals surface area contributed by atoms with Gasteiger partial charge >= 0.3 is 0 Å². The molecule has 2 aromatic carbocycles. The summed E-state index contributed by atoms with van der Waals surface area (Å²) in [6, 6.07) is 14.2. The van der Waals surface area contributed by atoms with E-state index in [1.165, 1.54) is 29.9 Å². The highest BCUT2D eigenvalue weighted by Crippen LogP contribution is 2.34. The molecule has 0 amide bonds.